The van der Waals surface area contributed by atoms with Crippen molar-refractivity contribution in [3.8, 4) is 5.75 Å². The van der Waals surface area contributed by atoms with Gasteiger partial charge in [-0.1, -0.05) is 37.8 Å². The van der Waals surface area contributed by atoms with Crippen LogP contribution < -0.4 is 10.1 Å². The second-order valence-corrected chi connectivity index (χ2v) is 5.51. The van der Waals surface area contributed by atoms with Gasteiger partial charge in [0.2, 0.25) is 5.91 Å². The Balaban J connectivity index is 1.81. The Morgan fingerprint density at radius 1 is 1.15 bits per heavy atom. The molecule has 0 spiro atoms. The Morgan fingerprint density at radius 3 is 2.40 bits per heavy atom. The molecule has 1 fully saturated rings. The topological polar surface area (TPSA) is 38.3 Å². The number of hydrogen-bond donors (Lipinski definition) is 1. The molecule has 1 N–H and O–H groups in total. The number of benzene rings is 1. The smallest absolute Gasteiger partial charge is 0.224 e. The molecule has 1 aromatic carbocycles. The maximum atomic E-state index is 12.1. The monoisotopic (exact) mass is 275 g/mol. The van der Waals surface area contributed by atoms with Gasteiger partial charge in [0.1, 0.15) is 5.75 Å². The lowest BCUT2D eigenvalue weighted by Gasteiger charge is -2.16. The molecule has 0 unspecified atom stereocenters. The quantitative estimate of drug-likeness (QED) is 0.836. The summed E-state index contributed by atoms with van der Waals surface area (Å²) >= 11 is 0. The lowest BCUT2D eigenvalue weighted by molar-refractivity contribution is -0.121. The molecule has 0 atom stereocenters. The summed E-state index contributed by atoms with van der Waals surface area (Å²) in [6.07, 6.45) is 7.84. The van der Waals surface area contributed by atoms with Gasteiger partial charge in [0.05, 0.1) is 13.0 Å². The van der Waals surface area contributed by atoms with Crippen molar-refractivity contribution in [1.29, 1.82) is 0 Å². The molecule has 2 rings (SSSR count). The minimum atomic E-state index is 0.140. The van der Waals surface area contributed by atoms with Crippen molar-refractivity contribution in [2.24, 2.45) is 0 Å². The van der Waals surface area contributed by atoms with E-state index in [0.717, 1.165) is 24.2 Å². The molecule has 1 saturated carbocycles. The highest BCUT2D eigenvalue weighted by Gasteiger charge is 2.14. The van der Waals surface area contributed by atoms with Crippen LogP contribution in [-0.4, -0.2) is 18.6 Å². The van der Waals surface area contributed by atoms with E-state index in [1.807, 2.05) is 31.2 Å². The summed E-state index contributed by atoms with van der Waals surface area (Å²) in [6.45, 7) is 2.63. The number of rotatable bonds is 5. The number of carbonyl (C=O) groups excluding carboxylic acids is 1. The maximum absolute atomic E-state index is 12.1. The van der Waals surface area contributed by atoms with Crippen molar-refractivity contribution in [2.75, 3.05) is 6.61 Å². The highest BCUT2D eigenvalue weighted by Crippen LogP contribution is 2.17. The van der Waals surface area contributed by atoms with Gasteiger partial charge in [-0.2, -0.15) is 0 Å². The Morgan fingerprint density at radius 2 is 1.80 bits per heavy atom. The molecule has 1 amide bonds. The van der Waals surface area contributed by atoms with Crippen LogP contribution >= 0.6 is 0 Å². The molecule has 0 radical (unpaired) electrons. The average molecular weight is 275 g/mol. The van der Waals surface area contributed by atoms with E-state index < -0.39 is 0 Å². The van der Waals surface area contributed by atoms with Gasteiger partial charge in [-0.05, 0) is 37.5 Å². The number of hydrogen-bond acceptors (Lipinski definition) is 2. The van der Waals surface area contributed by atoms with E-state index in [9.17, 15) is 4.79 Å². The van der Waals surface area contributed by atoms with Crippen LogP contribution in [0.2, 0.25) is 0 Å². The van der Waals surface area contributed by atoms with Crippen molar-refractivity contribution in [1.82, 2.24) is 5.32 Å². The predicted molar refractivity (Wildman–Crippen MR) is 80.9 cm³/mol. The number of ether oxygens (including phenoxy) is 1. The number of amides is 1. The molecule has 0 aliphatic heterocycles. The Labute approximate surface area is 121 Å². The maximum Gasteiger partial charge on any atom is 0.224 e. The Kier molecular flexibility index (Phi) is 5.90. The van der Waals surface area contributed by atoms with E-state index >= 15 is 0 Å². The summed E-state index contributed by atoms with van der Waals surface area (Å²) in [4.78, 5) is 12.1. The van der Waals surface area contributed by atoms with Crippen molar-refractivity contribution in [3.63, 3.8) is 0 Å². The SMILES string of the molecule is CCOc1ccc(CC(=O)NC2CCCCCC2)cc1. The predicted octanol–water partition coefficient (Wildman–Crippen LogP) is 3.47. The van der Waals surface area contributed by atoms with Gasteiger partial charge in [-0.25, -0.2) is 0 Å². The molecular weight excluding hydrogens is 250 g/mol. The van der Waals surface area contributed by atoms with Crippen molar-refractivity contribution >= 4 is 5.91 Å². The second kappa shape index (κ2) is 7.93. The first kappa shape index (κ1) is 14.9. The standard InChI is InChI=1S/C17H25NO2/c1-2-20-16-11-9-14(10-12-16)13-17(19)18-15-7-5-3-4-6-8-15/h9-12,15H,2-8,13H2,1H3,(H,18,19). The zero-order chi connectivity index (χ0) is 14.2. The lowest BCUT2D eigenvalue weighted by Crippen LogP contribution is -2.35. The zero-order valence-corrected chi connectivity index (χ0v) is 12.4. The molecule has 0 bridgehead atoms. The lowest BCUT2D eigenvalue weighted by atomic mass is 10.1. The van der Waals surface area contributed by atoms with Crippen LogP contribution in [0.15, 0.2) is 24.3 Å². The van der Waals surface area contributed by atoms with E-state index in [1.54, 1.807) is 0 Å². The van der Waals surface area contributed by atoms with E-state index in [-0.39, 0.29) is 5.91 Å². The van der Waals surface area contributed by atoms with Gasteiger partial charge in [0.15, 0.2) is 0 Å². The van der Waals surface area contributed by atoms with Gasteiger partial charge in [0.25, 0.3) is 0 Å². The van der Waals surface area contributed by atoms with E-state index in [2.05, 4.69) is 5.32 Å². The molecule has 1 aliphatic carbocycles. The van der Waals surface area contributed by atoms with Gasteiger partial charge in [-0.3, -0.25) is 4.79 Å². The van der Waals surface area contributed by atoms with Crippen LogP contribution in [0.1, 0.15) is 51.0 Å². The van der Waals surface area contributed by atoms with Crippen LogP contribution in [0, 0.1) is 0 Å². The minimum Gasteiger partial charge on any atom is -0.494 e. The fourth-order valence-electron chi connectivity index (χ4n) is 2.76. The fourth-order valence-corrected chi connectivity index (χ4v) is 2.76. The van der Waals surface area contributed by atoms with Crippen LogP contribution in [0.4, 0.5) is 0 Å². The largest absolute Gasteiger partial charge is 0.494 e. The molecule has 0 saturated heterocycles. The summed E-state index contributed by atoms with van der Waals surface area (Å²) in [5, 5.41) is 3.18. The van der Waals surface area contributed by atoms with Gasteiger partial charge in [-0.15, -0.1) is 0 Å². The first-order chi connectivity index (χ1) is 9.78. The van der Waals surface area contributed by atoms with E-state index in [1.165, 1.54) is 25.7 Å². The Hall–Kier alpha value is -1.51. The van der Waals surface area contributed by atoms with Crippen LogP contribution in [-0.2, 0) is 11.2 Å². The summed E-state index contributed by atoms with van der Waals surface area (Å²) in [6, 6.07) is 8.18. The number of nitrogens with one attached hydrogen (secondary N) is 1. The van der Waals surface area contributed by atoms with Gasteiger partial charge >= 0.3 is 0 Å². The summed E-state index contributed by atoms with van der Waals surface area (Å²) < 4.78 is 5.40. The van der Waals surface area contributed by atoms with E-state index in [0.29, 0.717) is 19.1 Å². The van der Waals surface area contributed by atoms with Gasteiger partial charge < -0.3 is 10.1 Å². The highest BCUT2D eigenvalue weighted by atomic mass is 16.5. The van der Waals surface area contributed by atoms with Crippen molar-refractivity contribution in [3.05, 3.63) is 29.8 Å². The third kappa shape index (κ3) is 4.87. The third-order valence-corrected chi connectivity index (χ3v) is 3.82. The minimum absolute atomic E-state index is 0.140. The van der Waals surface area contributed by atoms with Crippen molar-refractivity contribution < 1.29 is 9.53 Å². The molecule has 3 heteroatoms. The number of carbonyl (C=O) groups is 1. The molecule has 110 valence electrons. The zero-order valence-electron chi connectivity index (χ0n) is 12.4. The third-order valence-electron chi connectivity index (χ3n) is 3.82. The highest BCUT2D eigenvalue weighted by molar-refractivity contribution is 5.78. The summed E-state index contributed by atoms with van der Waals surface area (Å²) in [7, 11) is 0. The summed E-state index contributed by atoms with van der Waals surface area (Å²) in [5.74, 6) is 1.00. The molecule has 0 aromatic heterocycles. The normalized spacial score (nSPS) is 16.4. The Bertz CT molecular complexity index is 406. The van der Waals surface area contributed by atoms with Crippen molar-refractivity contribution in [2.45, 2.75) is 57.9 Å². The van der Waals surface area contributed by atoms with E-state index in [4.69, 9.17) is 4.74 Å². The average Bonchev–Trinajstić information content (AvgIpc) is 2.70. The summed E-state index contributed by atoms with van der Waals surface area (Å²) in [5.41, 5.74) is 1.04. The molecule has 1 aromatic rings. The van der Waals surface area contributed by atoms with Crippen LogP contribution in [0.5, 0.6) is 5.75 Å². The van der Waals surface area contributed by atoms with Crippen LogP contribution in [0.25, 0.3) is 0 Å². The molecule has 1 aliphatic rings. The van der Waals surface area contributed by atoms with Crippen LogP contribution in [0.3, 0.4) is 0 Å². The fraction of sp³-hybridized carbons (Fsp3) is 0.588. The first-order valence-corrected chi connectivity index (χ1v) is 7.79. The first-order valence-electron chi connectivity index (χ1n) is 7.79. The molecule has 3 nitrogen and oxygen atoms in total. The molecular formula is C17H25NO2. The van der Waals surface area contributed by atoms with Gasteiger partial charge in [0, 0.05) is 6.04 Å². The molecule has 0 heterocycles. The molecule has 20 heavy (non-hydrogen) atoms. The second-order valence-electron chi connectivity index (χ2n) is 5.51.